The maximum atomic E-state index is 14.5. The SMILES string of the molecule is CO[C@H]1C[C@@H]2CC[C@@H](C)[C@@](O)(O2)C(=O)C(=O)N2CCCC[C@H]2C(=O)O[C@H]([C@H](C)C[C@@H]2CC[C@@H](OC(=O)C[NH+](C)C)[C@H](OC)C2)CC(=O)[C@H](C)/C=C(\C)[C@@H](O)[C@@H](OC)C(=O)[C@H](C)C[C@H](C)/C=C/C=C/C=C/1C.CS(=O)(=O)[O-]. The molecule has 0 aromatic heterocycles. The van der Waals surface area contributed by atoms with Crippen LogP contribution >= 0.6 is 0 Å². The molecule has 432 valence electrons. The summed E-state index contributed by atoms with van der Waals surface area (Å²) >= 11 is 0. The summed E-state index contributed by atoms with van der Waals surface area (Å²) in [5, 5.41) is 23.5. The lowest BCUT2D eigenvalue weighted by molar-refractivity contribution is -0.850. The van der Waals surface area contributed by atoms with Gasteiger partial charge in [-0.15, -0.1) is 0 Å². The monoisotopic (exact) mass is 1090 g/mol. The lowest BCUT2D eigenvalue weighted by Crippen LogP contribution is -3.06. The molecule has 0 spiro atoms. The van der Waals surface area contributed by atoms with Gasteiger partial charge in [-0.25, -0.2) is 18.0 Å². The highest BCUT2D eigenvalue weighted by Gasteiger charge is 2.53. The number of carbonyl (C=O) groups excluding carboxylic acids is 6. The number of hydrogen-bond acceptors (Lipinski definition) is 17. The zero-order chi connectivity index (χ0) is 57.2. The molecule has 2 bridgehead atoms. The molecule has 3 fully saturated rings. The van der Waals surface area contributed by atoms with Gasteiger partial charge < -0.3 is 53.0 Å². The fourth-order valence-electron chi connectivity index (χ4n) is 10.7. The first kappa shape index (κ1) is 66.3. The Kier molecular flexibility index (Phi) is 27.0. The fraction of sp³-hybridized carbons (Fsp3) is 0.750. The second kappa shape index (κ2) is 31.0. The van der Waals surface area contributed by atoms with Gasteiger partial charge >= 0.3 is 11.9 Å². The van der Waals surface area contributed by atoms with E-state index in [0.29, 0.717) is 76.0 Å². The van der Waals surface area contributed by atoms with Crippen LogP contribution in [0.25, 0.3) is 0 Å². The number of piperidine rings is 1. The Labute approximate surface area is 451 Å². The molecular formula is C56H90N2O17S. The first-order chi connectivity index (χ1) is 35.5. The maximum Gasteiger partial charge on any atom is 0.362 e. The molecule has 0 aromatic rings. The van der Waals surface area contributed by atoms with Crippen LogP contribution in [0.1, 0.15) is 126 Å². The Morgan fingerprint density at radius 1 is 0.895 bits per heavy atom. The van der Waals surface area contributed by atoms with E-state index >= 15 is 0 Å². The number of aliphatic hydroxyl groups excluding tert-OH is 1. The van der Waals surface area contributed by atoms with Crippen molar-refractivity contribution >= 4 is 45.3 Å². The van der Waals surface area contributed by atoms with Crippen LogP contribution in [0.3, 0.4) is 0 Å². The number of cyclic esters (lactones) is 1. The third-order valence-corrected chi connectivity index (χ3v) is 15.2. The number of aliphatic hydroxyl groups is 2. The molecule has 0 aromatic carbocycles. The first-order valence-corrected chi connectivity index (χ1v) is 28.7. The minimum atomic E-state index is -3.92. The first-order valence-electron chi connectivity index (χ1n) is 26.9. The van der Waals surface area contributed by atoms with Crippen molar-refractivity contribution in [3.63, 3.8) is 0 Å². The van der Waals surface area contributed by atoms with Gasteiger partial charge in [0.1, 0.15) is 36.2 Å². The molecular weight excluding hydrogens is 1000 g/mol. The second-order valence-corrected chi connectivity index (χ2v) is 23.5. The molecule has 19 nitrogen and oxygen atoms in total. The van der Waals surface area contributed by atoms with E-state index in [4.69, 9.17) is 41.4 Å². The van der Waals surface area contributed by atoms with E-state index in [1.54, 1.807) is 41.1 Å². The normalized spacial score (nSPS) is 36.2. The second-order valence-electron chi connectivity index (χ2n) is 22.1. The van der Waals surface area contributed by atoms with Gasteiger partial charge in [0.25, 0.3) is 11.7 Å². The van der Waals surface area contributed by atoms with Crippen molar-refractivity contribution in [2.45, 2.75) is 180 Å². The summed E-state index contributed by atoms with van der Waals surface area (Å²) in [6.07, 6.45) is 11.7. The molecule has 20 heteroatoms. The molecule has 0 radical (unpaired) electrons. The number of likely N-dealkylation sites (N-methyl/N-ethyl adjacent to an activating group) is 1. The molecule has 3 aliphatic heterocycles. The summed E-state index contributed by atoms with van der Waals surface area (Å²) in [6.45, 7) is 12.9. The summed E-state index contributed by atoms with van der Waals surface area (Å²) in [6, 6.07) is -1.16. The van der Waals surface area contributed by atoms with Crippen LogP contribution in [-0.4, -0.2) is 173 Å². The zero-order valence-corrected chi connectivity index (χ0v) is 48.1. The number of Topliss-reactive ketones (excluding diaryl/α,β-unsaturated/α-hetero) is 3. The number of methoxy groups -OCH3 is 3. The molecule has 1 saturated carbocycles. The minimum Gasteiger partial charge on any atom is -0.748 e. The molecule has 0 unspecified atom stereocenters. The third kappa shape index (κ3) is 20.3. The van der Waals surface area contributed by atoms with Gasteiger partial charge in [0.05, 0.1) is 42.5 Å². The smallest absolute Gasteiger partial charge is 0.362 e. The van der Waals surface area contributed by atoms with Crippen LogP contribution in [0.15, 0.2) is 47.6 Å². The molecule has 76 heavy (non-hydrogen) atoms. The van der Waals surface area contributed by atoms with E-state index in [-0.39, 0.29) is 67.3 Å². The largest absolute Gasteiger partial charge is 0.748 e. The van der Waals surface area contributed by atoms with Crippen molar-refractivity contribution in [2.75, 3.05) is 54.8 Å². The van der Waals surface area contributed by atoms with Crippen LogP contribution in [0.2, 0.25) is 0 Å². The van der Waals surface area contributed by atoms with Gasteiger partial charge in [-0.3, -0.25) is 19.2 Å². The van der Waals surface area contributed by atoms with E-state index < -0.39 is 94.0 Å². The highest BCUT2D eigenvalue weighted by Crippen LogP contribution is 2.38. The summed E-state index contributed by atoms with van der Waals surface area (Å²) in [7, 11) is 4.37. The summed E-state index contributed by atoms with van der Waals surface area (Å²) in [5.74, 6) is -8.49. The zero-order valence-electron chi connectivity index (χ0n) is 47.3. The predicted molar refractivity (Wildman–Crippen MR) is 282 cm³/mol. The molecule has 3 N–H and O–H groups in total. The number of quaternary nitrogens is 1. The van der Waals surface area contributed by atoms with Gasteiger partial charge in [0.15, 0.2) is 12.3 Å². The quantitative estimate of drug-likeness (QED) is 0.127. The number of nitrogens with zero attached hydrogens (tertiary/aromatic N) is 1. The van der Waals surface area contributed by atoms with Crippen molar-refractivity contribution in [3.8, 4) is 0 Å². The summed E-state index contributed by atoms with van der Waals surface area (Å²) in [4.78, 5) is 85.9. The average Bonchev–Trinajstić information content (AvgIpc) is 3.35. The number of ether oxygens (including phenoxy) is 6. The lowest BCUT2D eigenvalue weighted by Gasteiger charge is -2.42. The summed E-state index contributed by atoms with van der Waals surface area (Å²) in [5.41, 5.74) is 1.25. The number of carbonyl (C=O) groups is 6. The number of amides is 1. The van der Waals surface area contributed by atoms with Crippen LogP contribution in [-0.2, 0) is 67.3 Å². The highest BCUT2D eigenvalue weighted by molar-refractivity contribution is 7.84. The van der Waals surface area contributed by atoms with Crippen molar-refractivity contribution in [1.29, 1.82) is 0 Å². The van der Waals surface area contributed by atoms with Crippen molar-refractivity contribution < 1.29 is 85.3 Å². The Morgan fingerprint density at radius 3 is 2.18 bits per heavy atom. The van der Waals surface area contributed by atoms with Gasteiger partial charge in [0, 0.05) is 64.7 Å². The van der Waals surface area contributed by atoms with Crippen molar-refractivity contribution in [3.05, 3.63) is 47.6 Å². The molecule has 1 amide bonds. The number of rotatable bonds is 9. The van der Waals surface area contributed by atoms with E-state index in [9.17, 15) is 39.0 Å². The topological polar surface area (TPSA) is 263 Å². The molecule has 3 heterocycles. The predicted octanol–water partition coefficient (Wildman–Crippen LogP) is 4.04. The van der Waals surface area contributed by atoms with Crippen LogP contribution in [0, 0.1) is 35.5 Å². The number of ketones is 3. The van der Waals surface area contributed by atoms with E-state index in [1.165, 1.54) is 12.0 Å². The number of allylic oxidation sites excluding steroid dienone is 6. The Balaban J connectivity index is 0.00000290. The van der Waals surface area contributed by atoms with E-state index in [2.05, 4.69) is 0 Å². The van der Waals surface area contributed by atoms with Crippen LogP contribution < -0.4 is 4.90 Å². The van der Waals surface area contributed by atoms with Crippen molar-refractivity contribution in [1.82, 2.24) is 4.90 Å². The average molecular weight is 1100 g/mol. The number of fused-ring (bicyclic) bond motifs is 3. The van der Waals surface area contributed by atoms with E-state index in [1.807, 2.05) is 72.2 Å². The Bertz CT molecular complexity index is 2180. The van der Waals surface area contributed by atoms with Crippen molar-refractivity contribution in [2.24, 2.45) is 35.5 Å². The standard InChI is InChI=1S/C55H86N2O14.CH4O3S/c1-33-18-14-13-15-19-34(2)45(66-10)30-41-23-21-39(7)55(65,71-41)52(62)53(63)57-25-17-16-20-42(57)54(64)70-46(31-43(58)35(3)27-38(6)50(61)51(68-12)49(60)37(5)26-33)36(4)28-40-22-24-44(47(29-40)67-11)69-48(59)32-56(8)9;1-5(2,3)4/h13-15,18-19,27,33,35-37,39-42,44-47,50-51,61,65H,16-17,20-26,28-32H2,1-12H3;1H3,(H,2,3,4)/b15-13+,18-14+,34-19+,38-27+;/t33-,35-,36-,37-,39-,40+,41+,42+,44-,45+,46+,47-,50-,51+,55-;/m1./s1. The van der Waals surface area contributed by atoms with Crippen LogP contribution in [0.4, 0.5) is 0 Å². The molecule has 4 rings (SSSR count). The third-order valence-electron chi connectivity index (χ3n) is 15.2. The number of hydrogen-bond donors (Lipinski definition) is 3. The fourth-order valence-corrected chi connectivity index (χ4v) is 10.7. The Hall–Kier alpha value is -3.99. The lowest BCUT2D eigenvalue weighted by atomic mass is 9.78. The molecule has 15 atom stereocenters. The van der Waals surface area contributed by atoms with Gasteiger partial charge in [-0.1, -0.05) is 71.1 Å². The van der Waals surface area contributed by atoms with E-state index in [0.717, 1.165) is 10.5 Å². The highest BCUT2D eigenvalue weighted by atomic mass is 32.2. The van der Waals surface area contributed by atoms with Gasteiger partial charge in [0.2, 0.25) is 5.79 Å². The maximum absolute atomic E-state index is 14.5. The Morgan fingerprint density at radius 2 is 1.57 bits per heavy atom. The molecule has 2 saturated heterocycles. The number of nitrogens with one attached hydrogen (secondary N) is 1. The molecule has 4 aliphatic rings. The minimum absolute atomic E-state index is 0.00897. The molecule has 1 aliphatic carbocycles. The van der Waals surface area contributed by atoms with Crippen LogP contribution in [0.5, 0.6) is 0 Å². The summed E-state index contributed by atoms with van der Waals surface area (Å²) < 4.78 is 62.8. The van der Waals surface area contributed by atoms with Gasteiger partial charge in [-0.2, -0.15) is 0 Å². The number of esters is 2. The van der Waals surface area contributed by atoms with Gasteiger partial charge in [-0.05, 0) is 107 Å².